The summed E-state index contributed by atoms with van der Waals surface area (Å²) in [6.07, 6.45) is 3.60. The second kappa shape index (κ2) is 4.94. The number of piperidine rings is 1. The quantitative estimate of drug-likeness (QED) is 0.678. The average Bonchev–Trinajstić information content (AvgIpc) is 2.82. The predicted octanol–water partition coefficient (Wildman–Crippen LogP) is -0.312. The van der Waals surface area contributed by atoms with Crippen molar-refractivity contribution in [3.8, 4) is 0 Å². The Labute approximate surface area is 94.9 Å². The molecule has 1 atom stereocenters. The molecule has 7 heteroatoms. The van der Waals surface area contributed by atoms with Gasteiger partial charge in [0.1, 0.15) is 0 Å². The molecule has 2 rings (SSSR count). The van der Waals surface area contributed by atoms with E-state index in [9.17, 15) is 8.42 Å². The van der Waals surface area contributed by atoms with Crippen molar-refractivity contribution in [1.82, 2.24) is 20.2 Å². The minimum atomic E-state index is -3.41. The Bertz CT molecular complexity index is 409. The van der Waals surface area contributed by atoms with Gasteiger partial charge in [0.25, 0.3) is 10.0 Å². The van der Waals surface area contributed by atoms with Crippen LogP contribution in [0.15, 0.2) is 17.3 Å². The highest BCUT2D eigenvalue weighted by Gasteiger charge is 2.19. The third kappa shape index (κ3) is 2.81. The van der Waals surface area contributed by atoms with E-state index in [1.165, 1.54) is 12.3 Å². The van der Waals surface area contributed by atoms with Gasteiger partial charge in [0.15, 0.2) is 5.03 Å². The van der Waals surface area contributed by atoms with E-state index in [-0.39, 0.29) is 5.03 Å². The van der Waals surface area contributed by atoms with E-state index in [0.29, 0.717) is 12.5 Å². The number of rotatable bonds is 4. The summed E-state index contributed by atoms with van der Waals surface area (Å²) in [5.41, 5.74) is 0. The molecular formula is C9H16N4O2S. The van der Waals surface area contributed by atoms with Crippen molar-refractivity contribution in [2.75, 3.05) is 19.6 Å². The normalized spacial score (nSPS) is 22.1. The van der Waals surface area contributed by atoms with Gasteiger partial charge in [-0.25, -0.2) is 13.1 Å². The highest BCUT2D eigenvalue weighted by Crippen LogP contribution is 2.10. The largest absolute Gasteiger partial charge is 0.316 e. The summed E-state index contributed by atoms with van der Waals surface area (Å²) in [5.74, 6) is 0.381. The van der Waals surface area contributed by atoms with Crippen LogP contribution in [0.2, 0.25) is 0 Å². The van der Waals surface area contributed by atoms with Crippen molar-refractivity contribution >= 4 is 10.0 Å². The molecule has 6 nitrogen and oxygen atoms in total. The molecule has 0 saturated carbocycles. The smallest absolute Gasteiger partial charge is 0.257 e. The number of hydrogen-bond donors (Lipinski definition) is 3. The van der Waals surface area contributed by atoms with Crippen molar-refractivity contribution in [3.05, 3.63) is 12.3 Å². The number of aromatic nitrogens is 2. The van der Waals surface area contributed by atoms with E-state index in [4.69, 9.17) is 0 Å². The first-order valence-corrected chi connectivity index (χ1v) is 6.86. The summed E-state index contributed by atoms with van der Waals surface area (Å²) in [4.78, 5) is 0. The molecule has 1 aliphatic rings. The maximum Gasteiger partial charge on any atom is 0.257 e. The van der Waals surface area contributed by atoms with Gasteiger partial charge in [0.05, 0.1) is 6.20 Å². The summed E-state index contributed by atoms with van der Waals surface area (Å²) in [5, 5.41) is 9.45. The van der Waals surface area contributed by atoms with Gasteiger partial charge in [-0.3, -0.25) is 5.10 Å². The number of hydrogen-bond acceptors (Lipinski definition) is 4. The van der Waals surface area contributed by atoms with Crippen molar-refractivity contribution in [1.29, 1.82) is 0 Å². The SMILES string of the molecule is O=S(=O)(NCC1CCCNC1)c1ccn[nH]1. The molecule has 1 aromatic rings. The van der Waals surface area contributed by atoms with E-state index < -0.39 is 10.0 Å². The summed E-state index contributed by atoms with van der Waals surface area (Å²) >= 11 is 0. The minimum Gasteiger partial charge on any atom is -0.316 e. The molecule has 1 saturated heterocycles. The molecule has 0 bridgehead atoms. The fourth-order valence-electron chi connectivity index (χ4n) is 1.80. The van der Waals surface area contributed by atoms with Crippen molar-refractivity contribution < 1.29 is 8.42 Å². The summed E-state index contributed by atoms with van der Waals surface area (Å²) in [7, 11) is -3.41. The lowest BCUT2D eigenvalue weighted by molar-refractivity contribution is 0.375. The van der Waals surface area contributed by atoms with Crippen LogP contribution in [0.5, 0.6) is 0 Å². The van der Waals surface area contributed by atoms with Gasteiger partial charge in [-0.05, 0) is 37.9 Å². The lowest BCUT2D eigenvalue weighted by atomic mass is 10.0. The van der Waals surface area contributed by atoms with Gasteiger partial charge in [0, 0.05) is 6.54 Å². The molecular weight excluding hydrogens is 228 g/mol. The van der Waals surface area contributed by atoms with Crippen LogP contribution in [0.3, 0.4) is 0 Å². The number of aromatic amines is 1. The number of nitrogens with zero attached hydrogens (tertiary/aromatic N) is 1. The van der Waals surface area contributed by atoms with E-state index in [2.05, 4.69) is 20.2 Å². The predicted molar refractivity (Wildman–Crippen MR) is 59.4 cm³/mol. The molecule has 0 amide bonds. The van der Waals surface area contributed by atoms with Crippen LogP contribution < -0.4 is 10.0 Å². The molecule has 0 aromatic carbocycles. The molecule has 16 heavy (non-hydrogen) atoms. The molecule has 1 fully saturated rings. The lowest BCUT2D eigenvalue weighted by Gasteiger charge is -2.22. The van der Waals surface area contributed by atoms with E-state index in [0.717, 1.165) is 25.9 Å². The fraction of sp³-hybridized carbons (Fsp3) is 0.667. The van der Waals surface area contributed by atoms with Gasteiger partial charge >= 0.3 is 0 Å². The number of sulfonamides is 1. The summed E-state index contributed by atoms with van der Waals surface area (Å²) in [6, 6.07) is 1.45. The van der Waals surface area contributed by atoms with Gasteiger partial charge in [0.2, 0.25) is 0 Å². The number of H-pyrrole nitrogens is 1. The fourth-order valence-corrected chi connectivity index (χ4v) is 2.82. The van der Waals surface area contributed by atoms with E-state index in [1.807, 2.05) is 0 Å². The van der Waals surface area contributed by atoms with Crippen LogP contribution in [0.1, 0.15) is 12.8 Å². The molecule has 1 aliphatic heterocycles. The molecule has 0 spiro atoms. The van der Waals surface area contributed by atoms with Crippen LogP contribution >= 0.6 is 0 Å². The first kappa shape index (κ1) is 11.6. The zero-order valence-corrected chi connectivity index (χ0v) is 9.76. The van der Waals surface area contributed by atoms with Gasteiger partial charge < -0.3 is 5.32 Å². The molecule has 2 heterocycles. The standard InChI is InChI=1S/C9H16N4O2S/c14-16(15,9-3-5-11-13-9)12-7-8-2-1-4-10-6-8/h3,5,8,10,12H,1-2,4,6-7H2,(H,11,13). The second-order valence-corrected chi connectivity index (χ2v) is 5.72. The van der Waals surface area contributed by atoms with E-state index >= 15 is 0 Å². The first-order valence-electron chi connectivity index (χ1n) is 5.38. The van der Waals surface area contributed by atoms with Crippen LogP contribution in [-0.4, -0.2) is 38.2 Å². The topological polar surface area (TPSA) is 86.9 Å². The van der Waals surface area contributed by atoms with E-state index in [1.54, 1.807) is 0 Å². The Balaban J connectivity index is 1.89. The van der Waals surface area contributed by atoms with Gasteiger partial charge in [-0.2, -0.15) is 5.10 Å². The average molecular weight is 244 g/mol. The molecule has 1 aromatic heterocycles. The zero-order valence-electron chi connectivity index (χ0n) is 8.94. The Hall–Kier alpha value is -0.920. The van der Waals surface area contributed by atoms with Crippen LogP contribution in [0.25, 0.3) is 0 Å². The van der Waals surface area contributed by atoms with Crippen molar-refractivity contribution in [2.45, 2.75) is 17.9 Å². The maximum atomic E-state index is 11.7. The maximum absolute atomic E-state index is 11.7. The van der Waals surface area contributed by atoms with Crippen LogP contribution in [-0.2, 0) is 10.0 Å². The Morgan fingerprint density at radius 1 is 1.56 bits per heavy atom. The van der Waals surface area contributed by atoms with Crippen LogP contribution in [0.4, 0.5) is 0 Å². The molecule has 90 valence electrons. The van der Waals surface area contributed by atoms with Crippen molar-refractivity contribution in [3.63, 3.8) is 0 Å². The molecule has 1 unspecified atom stereocenters. The Morgan fingerprint density at radius 3 is 3.06 bits per heavy atom. The lowest BCUT2D eigenvalue weighted by Crippen LogP contribution is -2.38. The van der Waals surface area contributed by atoms with Crippen LogP contribution in [0, 0.1) is 5.92 Å². The van der Waals surface area contributed by atoms with Gasteiger partial charge in [-0.15, -0.1) is 0 Å². The van der Waals surface area contributed by atoms with Gasteiger partial charge in [-0.1, -0.05) is 0 Å². The van der Waals surface area contributed by atoms with Crippen molar-refractivity contribution in [2.24, 2.45) is 5.92 Å². The first-order chi connectivity index (χ1) is 7.68. The monoisotopic (exact) mass is 244 g/mol. The minimum absolute atomic E-state index is 0.122. The third-order valence-corrected chi connectivity index (χ3v) is 4.08. The second-order valence-electron chi connectivity index (χ2n) is 3.99. The Kier molecular flexibility index (Phi) is 3.57. The Morgan fingerprint density at radius 2 is 2.44 bits per heavy atom. The zero-order chi connectivity index (χ0) is 11.4. The highest BCUT2D eigenvalue weighted by molar-refractivity contribution is 7.89. The molecule has 3 N–H and O–H groups in total. The highest BCUT2D eigenvalue weighted by atomic mass is 32.2. The summed E-state index contributed by atoms with van der Waals surface area (Å²) < 4.78 is 26.1. The molecule has 0 aliphatic carbocycles. The number of nitrogens with one attached hydrogen (secondary N) is 3. The molecule has 0 radical (unpaired) electrons. The third-order valence-electron chi connectivity index (χ3n) is 2.73. The summed E-state index contributed by atoms with van der Waals surface area (Å²) in [6.45, 7) is 2.39.